The Labute approximate surface area is 167 Å². The van der Waals surface area contributed by atoms with E-state index in [4.69, 9.17) is 9.47 Å². The zero-order valence-electron chi connectivity index (χ0n) is 16.9. The molecule has 0 aliphatic heterocycles. The summed E-state index contributed by atoms with van der Waals surface area (Å²) in [6, 6.07) is 4.38. The molecule has 0 radical (unpaired) electrons. The Kier molecular flexibility index (Phi) is 9.55. The summed E-state index contributed by atoms with van der Waals surface area (Å²) in [4.78, 5) is 5.09. The van der Waals surface area contributed by atoms with Gasteiger partial charge in [0, 0.05) is 15.8 Å². The molecule has 2 aromatic heterocycles. The molecule has 146 valence electrons. The summed E-state index contributed by atoms with van der Waals surface area (Å²) in [5.41, 5.74) is 0. The Bertz CT molecular complexity index is 643. The molecule has 0 unspecified atom stereocenters. The number of ether oxygens (including phenoxy) is 2. The first-order chi connectivity index (χ1) is 12.7. The maximum absolute atomic E-state index is 6.11. The van der Waals surface area contributed by atoms with Gasteiger partial charge >= 0.3 is 0 Å². The van der Waals surface area contributed by atoms with Crippen LogP contribution in [-0.2, 0) is 0 Å². The van der Waals surface area contributed by atoms with Gasteiger partial charge in [-0.05, 0) is 32.8 Å². The Morgan fingerprint density at radius 1 is 0.731 bits per heavy atom. The second kappa shape index (κ2) is 11.7. The van der Waals surface area contributed by atoms with E-state index < -0.39 is 0 Å². The second-order valence-electron chi connectivity index (χ2n) is 6.90. The van der Waals surface area contributed by atoms with Gasteiger partial charge in [-0.3, -0.25) is 0 Å². The van der Waals surface area contributed by atoms with E-state index in [1.807, 2.05) is 22.7 Å². The highest BCUT2D eigenvalue weighted by Crippen LogP contribution is 2.44. The van der Waals surface area contributed by atoms with Crippen molar-refractivity contribution in [3.05, 3.63) is 21.9 Å². The average Bonchev–Trinajstić information content (AvgIpc) is 3.17. The average molecular weight is 395 g/mol. The summed E-state index contributed by atoms with van der Waals surface area (Å²) in [7, 11) is 0. The predicted octanol–water partition coefficient (Wildman–Crippen LogP) is 8.01. The van der Waals surface area contributed by atoms with E-state index in [9.17, 15) is 0 Å². The molecule has 0 spiro atoms. The predicted molar refractivity (Wildman–Crippen MR) is 116 cm³/mol. The third-order valence-electron chi connectivity index (χ3n) is 4.43. The largest absolute Gasteiger partial charge is 0.492 e. The molecule has 2 aromatic rings. The lowest BCUT2D eigenvalue weighted by atomic mass is 10.2. The quantitative estimate of drug-likeness (QED) is 0.320. The molecule has 0 amide bonds. The van der Waals surface area contributed by atoms with Crippen molar-refractivity contribution in [2.75, 3.05) is 13.2 Å². The van der Waals surface area contributed by atoms with Crippen LogP contribution in [-0.4, -0.2) is 13.2 Å². The molecule has 2 rings (SSSR count). The van der Waals surface area contributed by atoms with Crippen molar-refractivity contribution >= 4 is 22.7 Å². The summed E-state index contributed by atoms with van der Waals surface area (Å²) in [5.74, 6) is 2.08. The Hall–Kier alpha value is -1.00. The van der Waals surface area contributed by atoms with Crippen LogP contribution in [0.15, 0.2) is 12.1 Å². The van der Waals surface area contributed by atoms with Crippen molar-refractivity contribution in [2.45, 2.75) is 79.1 Å². The number of unbranched alkanes of at least 4 members (excludes halogenated alkanes) is 6. The summed E-state index contributed by atoms with van der Waals surface area (Å²) < 4.78 is 12.1. The maximum Gasteiger partial charge on any atom is 0.138 e. The van der Waals surface area contributed by atoms with Crippen molar-refractivity contribution in [1.82, 2.24) is 0 Å². The van der Waals surface area contributed by atoms with Crippen molar-refractivity contribution in [2.24, 2.45) is 0 Å². The van der Waals surface area contributed by atoms with Gasteiger partial charge in [0.25, 0.3) is 0 Å². The lowest BCUT2D eigenvalue weighted by molar-refractivity contribution is 0.304. The molecular formula is C22H34O2S2. The first-order valence-corrected chi connectivity index (χ1v) is 11.8. The number of aryl methyl sites for hydroxylation is 2. The molecule has 4 heteroatoms. The molecule has 2 heterocycles. The summed E-state index contributed by atoms with van der Waals surface area (Å²) >= 11 is 3.64. The van der Waals surface area contributed by atoms with Gasteiger partial charge in [0.2, 0.25) is 0 Å². The molecule has 0 N–H and O–H groups in total. The second-order valence-corrected chi connectivity index (χ2v) is 9.41. The van der Waals surface area contributed by atoms with E-state index in [1.54, 1.807) is 0 Å². The monoisotopic (exact) mass is 394 g/mol. The fraction of sp³-hybridized carbons (Fsp3) is 0.636. The number of hydrogen-bond donors (Lipinski definition) is 0. The van der Waals surface area contributed by atoms with Crippen LogP contribution in [0.5, 0.6) is 11.5 Å². The molecule has 0 saturated heterocycles. The van der Waals surface area contributed by atoms with Crippen LogP contribution in [0.1, 0.15) is 75.0 Å². The zero-order valence-corrected chi connectivity index (χ0v) is 18.5. The van der Waals surface area contributed by atoms with Gasteiger partial charge in [0.15, 0.2) is 0 Å². The van der Waals surface area contributed by atoms with Crippen molar-refractivity contribution in [1.29, 1.82) is 0 Å². The third kappa shape index (κ3) is 6.62. The van der Waals surface area contributed by atoms with Crippen LogP contribution in [0.25, 0.3) is 9.75 Å². The van der Waals surface area contributed by atoms with Crippen LogP contribution in [0.2, 0.25) is 0 Å². The van der Waals surface area contributed by atoms with Crippen LogP contribution >= 0.6 is 22.7 Å². The SMILES string of the molecule is CCCCCCOc1cc(-c2sc(C)cc2OCCCCCC)sc1C. The van der Waals surface area contributed by atoms with E-state index in [1.165, 1.54) is 58.0 Å². The summed E-state index contributed by atoms with van der Waals surface area (Å²) in [6.45, 7) is 10.4. The number of thiophene rings is 2. The highest BCUT2D eigenvalue weighted by molar-refractivity contribution is 7.22. The highest BCUT2D eigenvalue weighted by atomic mass is 32.1. The van der Waals surface area contributed by atoms with Gasteiger partial charge in [-0.15, -0.1) is 22.7 Å². The fourth-order valence-electron chi connectivity index (χ4n) is 2.91. The molecule has 0 aromatic carbocycles. The van der Waals surface area contributed by atoms with Crippen molar-refractivity contribution in [3.63, 3.8) is 0 Å². The van der Waals surface area contributed by atoms with Gasteiger partial charge in [0.1, 0.15) is 11.5 Å². The summed E-state index contributed by atoms with van der Waals surface area (Å²) in [6.07, 6.45) is 9.90. The van der Waals surface area contributed by atoms with Crippen LogP contribution in [0, 0.1) is 13.8 Å². The molecule has 0 atom stereocenters. The molecule has 0 fully saturated rings. The van der Waals surface area contributed by atoms with E-state index in [0.29, 0.717) is 0 Å². The molecule has 0 saturated carbocycles. The van der Waals surface area contributed by atoms with Crippen LogP contribution in [0.4, 0.5) is 0 Å². The van der Waals surface area contributed by atoms with Crippen LogP contribution in [0.3, 0.4) is 0 Å². The van der Waals surface area contributed by atoms with Gasteiger partial charge in [-0.1, -0.05) is 52.4 Å². The topological polar surface area (TPSA) is 18.5 Å². The smallest absolute Gasteiger partial charge is 0.138 e. The zero-order chi connectivity index (χ0) is 18.8. The number of rotatable bonds is 13. The van der Waals surface area contributed by atoms with E-state index in [2.05, 4.69) is 39.8 Å². The molecule has 0 aliphatic carbocycles. The molecular weight excluding hydrogens is 360 g/mol. The highest BCUT2D eigenvalue weighted by Gasteiger charge is 2.16. The van der Waals surface area contributed by atoms with Gasteiger partial charge in [-0.25, -0.2) is 0 Å². The Morgan fingerprint density at radius 3 is 1.96 bits per heavy atom. The Balaban J connectivity index is 1.96. The van der Waals surface area contributed by atoms with Crippen molar-refractivity contribution < 1.29 is 9.47 Å². The lowest BCUT2D eigenvalue weighted by Crippen LogP contribution is -1.97. The standard InChI is InChI=1S/C22H34O2S2/c1-5-7-9-11-13-23-19-16-21(26-18(19)4)22-20(15-17(3)25-22)24-14-12-10-8-6-2/h15-16H,5-14H2,1-4H3. The first-order valence-electron chi connectivity index (χ1n) is 10.1. The van der Waals surface area contributed by atoms with E-state index >= 15 is 0 Å². The fourth-order valence-corrected chi connectivity index (χ4v) is 4.94. The van der Waals surface area contributed by atoms with E-state index in [0.717, 1.165) is 37.6 Å². The Morgan fingerprint density at radius 2 is 1.35 bits per heavy atom. The van der Waals surface area contributed by atoms with Crippen LogP contribution < -0.4 is 9.47 Å². The lowest BCUT2D eigenvalue weighted by Gasteiger charge is -2.06. The normalized spacial score (nSPS) is 11.1. The minimum absolute atomic E-state index is 0.814. The molecule has 26 heavy (non-hydrogen) atoms. The first kappa shape index (κ1) is 21.3. The third-order valence-corrected chi connectivity index (χ3v) is 6.67. The minimum Gasteiger partial charge on any atom is -0.492 e. The van der Waals surface area contributed by atoms with Gasteiger partial charge in [-0.2, -0.15) is 0 Å². The van der Waals surface area contributed by atoms with Gasteiger partial charge in [0.05, 0.1) is 23.0 Å². The minimum atomic E-state index is 0.814. The number of hydrogen-bond acceptors (Lipinski definition) is 4. The maximum atomic E-state index is 6.11. The molecule has 0 bridgehead atoms. The van der Waals surface area contributed by atoms with Crippen molar-refractivity contribution in [3.8, 4) is 21.3 Å². The van der Waals surface area contributed by atoms with Gasteiger partial charge < -0.3 is 9.47 Å². The molecule has 2 nitrogen and oxygen atoms in total. The molecule has 0 aliphatic rings. The van der Waals surface area contributed by atoms with E-state index in [-0.39, 0.29) is 0 Å². The summed E-state index contributed by atoms with van der Waals surface area (Å²) in [5, 5.41) is 0.